The van der Waals surface area contributed by atoms with Gasteiger partial charge in [-0.3, -0.25) is 4.79 Å². The molecule has 0 aliphatic rings. The summed E-state index contributed by atoms with van der Waals surface area (Å²) >= 11 is 0. The van der Waals surface area contributed by atoms with E-state index in [0.29, 0.717) is 19.4 Å². The van der Waals surface area contributed by atoms with Crippen LogP contribution in [0.2, 0.25) is 0 Å². The lowest BCUT2D eigenvalue weighted by atomic mass is 10.5. The molecule has 0 aliphatic heterocycles. The van der Waals surface area contributed by atoms with Crippen molar-refractivity contribution in [2.75, 3.05) is 6.54 Å². The predicted octanol–water partition coefficient (Wildman–Crippen LogP) is 0.282. The topological polar surface area (TPSA) is 52.9 Å². The number of nitriles is 1. The summed E-state index contributed by atoms with van der Waals surface area (Å²) in [6.45, 7) is 0.458. The Morgan fingerprint density at radius 3 is 2.75 bits per heavy atom. The van der Waals surface area contributed by atoms with Gasteiger partial charge in [-0.15, -0.1) is 0 Å². The van der Waals surface area contributed by atoms with Crippen LogP contribution in [0, 0.1) is 11.3 Å². The minimum atomic E-state index is 0. The number of rotatable bonds is 3. The lowest BCUT2D eigenvalue weighted by molar-refractivity contribution is -0.109. The van der Waals surface area contributed by atoms with Crippen molar-refractivity contribution in [3.63, 3.8) is 0 Å². The first-order chi connectivity index (χ1) is 3.41. The molecule has 3 nitrogen and oxygen atoms in total. The average molecular weight is 114 g/mol. The van der Waals surface area contributed by atoms with E-state index in [1.165, 1.54) is 0 Å². The number of nitrogens with zero attached hydrogens (tertiary/aromatic N) is 1. The Bertz CT molecular complexity index is 84.9. The highest BCUT2D eigenvalue weighted by molar-refractivity contribution is 5.45. The number of amides is 1. The van der Waals surface area contributed by atoms with E-state index in [0.717, 1.165) is 0 Å². The average Bonchev–Trinajstić information content (AvgIpc) is 1.69. The first kappa shape index (κ1) is 10.0. The summed E-state index contributed by atoms with van der Waals surface area (Å²) in [7, 11) is 0. The van der Waals surface area contributed by atoms with Crippen LogP contribution in [0.1, 0.15) is 13.8 Å². The van der Waals surface area contributed by atoms with Gasteiger partial charge in [0.2, 0.25) is 6.41 Å². The van der Waals surface area contributed by atoms with Gasteiger partial charge in [-0.05, 0) is 0 Å². The molecule has 0 aliphatic carbocycles. The normalized spacial score (nSPS) is 5.88. The fourth-order valence-corrected chi connectivity index (χ4v) is 0.187. The molecule has 0 bridgehead atoms. The molecular formula is C5H10N2O. The fraction of sp³-hybridized carbons (Fsp3) is 0.600. The van der Waals surface area contributed by atoms with Gasteiger partial charge in [-0.1, -0.05) is 7.43 Å². The van der Waals surface area contributed by atoms with Crippen molar-refractivity contribution >= 4 is 6.41 Å². The summed E-state index contributed by atoms with van der Waals surface area (Å²) in [5.74, 6) is 0. The Morgan fingerprint density at radius 2 is 2.38 bits per heavy atom. The maximum absolute atomic E-state index is 9.46. The Labute approximate surface area is 49.3 Å². The second-order valence-corrected chi connectivity index (χ2v) is 0.980. The molecule has 0 saturated carbocycles. The number of hydrogen-bond acceptors (Lipinski definition) is 2. The molecule has 0 heterocycles. The summed E-state index contributed by atoms with van der Waals surface area (Å²) in [6, 6.07) is 1.88. The number of hydrogen-bond donors (Lipinski definition) is 1. The zero-order valence-corrected chi connectivity index (χ0v) is 3.85. The number of carbonyl (C=O) groups excluding carboxylic acids is 1. The standard InChI is InChI=1S/C4H6N2O.CH4/c5-2-1-3-6-4-7;/h4H,1,3H2,(H,6,7);1H4. The van der Waals surface area contributed by atoms with Crippen LogP contribution in [-0.4, -0.2) is 13.0 Å². The zero-order valence-electron chi connectivity index (χ0n) is 3.85. The quantitative estimate of drug-likeness (QED) is 0.423. The summed E-state index contributed by atoms with van der Waals surface area (Å²) in [6.07, 6.45) is 0.968. The molecule has 0 saturated heterocycles. The van der Waals surface area contributed by atoms with E-state index in [4.69, 9.17) is 5.26 Å². The van der Waals surface area contributed by atoms with Crippen molar-refractivity contribution in [1.29, 1.82) is 5.26 Å². The molecule has 0 aromatic rings. The monoisotopic (exact) mass is 114 g/mol. The minimum absolute atomic E-state index is 0. The summed E-state index contributed by atoms with van der Waals surface area (Å²) in [5, 5.41) is 10.2. The van der Waals surface area contributed by atoms with Crippen LogP contribution in [-0.2, 0) is 4.79 Å². The third-order valence-corrected chi connectivity index (χ3v) is 0.464. The third kappa shape index (κ3) is 8.88. The molecule has 0 aromatic heterocycles. The highest BCUT2D eigenvalue weighted by Crippen LogP contribution is 1.64. The smallest absolute Gasteiger partial charge is 0.207 e. The molecule has 0 spiro atoms. The van der Waals surface area contributed by atoms with Gasteiger partial charge in [-0.25, -0.2) is 0 Å². The molecule has 3 heteroatoms. The van der Waals surface area contributed by atoms with E-state index in [-0.39, 0.29) is 7.43 Å². The van der Waals surface area contributed by atoms with Gasteiger partial charge < -0.3 is 5.32 Å². The molecule has 1 amide bonds. The summed E-state index contributed by atoms with van der Waals surface area (Å²) < 4.78 is 0. The van der Waals surface area contributed by atoms with Crippen LogP contribution in [0.5, 0.6) is 0 Å². The summed E-state index contributed by atoms with van der Waals surface area (Å²) in [4.78, 5) is 9.46. The van der Waals surface area contributed by atoms with Crippen LogP contribution in [0.3, 0.4) is 0 Å². The van der Waals surface area contributed by atoms with Crippen molar-refractivity contribution in [3.8, 4) is 6.07 Å². The van der Waals surface area contributed by atoms with E-state index >= 15 is 0 Å². The van der Waals surface area contributed by atoms with Crippen LogP contribution >= 0.6 is 0 Å². The lowest BCUT2D eigenvalue weighted by Crippen LogP contribution is -2.10. The van der Waals surface area contributed by atoms with Gasteiger partial charge >= 0.3 is 0 Å². The van der Waals surface area contributed by atoms with Gasteiger partial charge in [0.1, 0.15) is 0 Å². The largest absolute Gasteiger partial charge is 0.358 e. The molecule has 46 valence electrons. The first-order valence-electron chi connectivity index (χ1n) is 1.96. The maximum Gasteiger partial charge on any atom is 0.207 e. The second kappa shape index (κ2) is 9.35. The van der Waals surface area contributed by atoms with Crippen LogP contribution in [0.25, 0.3) is 0 Å². The third-order valence-electron chi connectivity index (χ3n) is 0.464. The van der Waals surface area contributed by atoms with Crippen molar-refractivity contribution in [3.05, 3.63) is 0 Å². The maximum atomic E-state index is 9.46. The van der Waals surface area contributed by atoms with E-state index in [9.17, 15) is 4.79 Å². The highest BCUT2D eigenvalue weighted by atomic mass is 16.1. The van der Waals surface area contributed by atoms with Crippen molar-refractivity contribution in [2.24, 2.45) is 0 Å². The fourth-order valence-electron chi connectivity index (χ4n) is 0.187. The van der Waals surface area contributed by atoms with E-state index in [2.05, 4.69) is 5.32 Å². The van der Waals surface area contributed by atoms with Gasteiger partial charge in [0.05, 0.1) is 12.5 Å². The van der Waals surface area contributed by atoms with Gasteiger partial charge in [0.25, 0.3) is 0 Å². The Balaban J connectivity index is 0. The van der Waals surface area contributed by atoms with Crippen LogP contribution in [0.15, 0.2) is 0 Å². The van der Waals surface area contributed by atoms with E-state index in [1.807, 2.05) is 6.07 Å². The molecule has 1 N–H and O–H groups in total. The first-order valence-corrected chi connectivity index (χ1v) is 1.96. The SMILES string of the molecule is C.N#CCCNC=O. The Kier molecular flexibility index (Phi) is 11.7. The Hall–Kier alpha value is -1.04. The highest BCUT2D eigenvalue weighted by Gasteiger charge is 1.75. The molecule has 8 heavy (non-hydrogen) atoms. The Morgan fingerprint density at radius 1 is 1.75 bits per heavy atom. The lowest BCUT2D eigenvalue weighted by Gasteiger charge is -1.84. The predicted molar refractivity (Wildman–Crippen MR) is 31.0 cm³/mol. The number of carbonyl (C=O) groups is 1. The van der Waals surface area contributed by atoms with E-state index in [1.54, 1.807) is 0 Å². The van der Waals surface area contributed by atoms with Crippen molar-refractivity contribution in [1.82, 2.24) is 5.32 Å². The molecule has 0 rings (SSSR count). The van der Waals surface area contributed by atoms with E-state index < -0.39 is 0 Å². The van der Waals surface area contributed by atoms with Crippen LogP contribution in [0.4, 0.5) is 0 Å². The van der Waals surface area contributed by atoms with Crippen molar-refractivity contribution < 1.29 is 4.79 Å². The molecule has 0 atom stereocenters. The molecule has 0 unspecified atom stereocenters. The number of nitrogens with one attached hydrogen (secondary N) is 1. The minimum Gasteiger partial charge on any atom is -0.358 e. The molecule has 0 radical (unpaired) electrons. The molecular weight excluding hydrogens is 104 g/mol. The molecule has 0 aromatic carbocycles. The zero-order chi connectivity index (χ0) is 5.54. The van der Waals surface area contributed by atoms with Crippen LogP contribution < -0.4 is 5.32 Å². The summed E-state index contributed by atoms with van der Waals surface area (Å²) in [5.41, 5.74) is 0. The van der Waals surface area contributed by atoms with Gasteiger partial charge in [0, 0.05) is 6.54 Å². The molecule has 0 fully saturated rings. The van der Waals surface area contributed by atoms with Gasteiger partial charge in [-0.2, -0.15) is 5.26 Å². The second-order valence-electron chi connectivity index (χ2n) is 0.980. The van der Waals surface area contributed by atoms with Crippen molar-refractivity contribution in [2.45, 2.75) is 13.8 Å². The van der Waals surface area contributed by atoms with Gasteiger partial charge in [0.15, 0.2) is 0 Å².